The maximum absolute atomic E-state index is 13.4. The largest absolute Gasteiger partial charge is 2.00 e. The number of hydrogen-bond donors (Lipinski definition) is 0. The molecule has 0 aliphatic carbocycles. The summed E-state index contributed by atoms with van der Waals surface area (Å²) < 4.78 is 80.3. The Hall–Kier alpha value is -4.95. The van der Waals surface area contributed by atoms with Gasteiger partial charge in [0.2, 0.25) is 0 Å². The van der Waals surface area contributed by atoms with E-state index in [0.29, 0.717) is 33.6 Å². The molecule has 0 fully saturated rings. The number of rotatable bonds is 6. The van der Waals surface area contributed by atoms with Crippen LogP contribution in [0.15, 0.2) is 85.2 Å². The molecule has 11 heteroatoms. The van der Waals surface area contributed by atoms with Crippen LogP contribution < -0.4 is 9.80 Å². The molecular formula is C46H44F6N4Pt. The molecule has 6 aromatic rings. The van der Waals surface area contributed by atoms with Crippen LogP contribution in [0.2, 0.25) is 0 Å². The van der Waals surface area contributed by atoms with Gasteiger partial charge in [0.15, 0.2) is 0 Å². The Bertz CT molecular complexity index is 2170. The molecule has 0 saturated carbocycles. The van der Waals surface area contributed by atoms with Crippen molar-refractivity contribution in [2.75, 3.05) is 38.0 Å². The smallest absolute Gasteiger partial charge is 0.378 e. The van der Waals surface area contributed by atoms with Crippen LogP contribution >= 0.6 is 0 Å². The minimum absolute atomic E-state index is 0. The molecule has 300 valence electrons. The molecular weight excluding hydrogens is 918 g/mol. The Morgan fingerprint density at radius 2 is 0.789 bits per heavy atom. The van der Waals surface area contributed by atoms with E-state index in [9.17, 15) is 26.3 Å². The van der Waals surface area contributed by atoms with E-state index >= 15 is 0 Å². The molecule has 0 N–H and O–H groups in total. The molecule has 0 atom stereocenters. The molecule has 0 unspecified atom stereocenters. The van der Waals surface area contributed by atoms with Gasteiger partial charge >= 0.3 is 33.4 Å². The number of benzene rings is 4. The maximum Gasteiger partial charge on any atom is 2.00 e. The van der Waals surface area contributed by atoms with Crippen molar-refractivity contribution in [2.45, 2.75) is 53.9 Å². The first-order chi connectivity index (χ1) is 26.1. The zero-order chi connectivity index (χ0) is 41.3. The van der Waals surface area contributed by atoms with E-state index in [4.69, 9.17) is 0 Å². The summed E-state index contributed by atoms with van der Waals surface area (Å²) in [5.74, 6) is 0. The fourth-order valence-corrected chi connectivity index (χ4v) is 7.02. The second kappa shape index (κ2) is 17.7. The third kappa shape index (κ3) is 10.3. The van der Waals surface area contributed by atoms with Gasteiger partial charge in [0.05, 0.1) is 0 Å². The molecule has 0 saturated heterocycles. The number of anilines is 2. The van der Waals surface area contributed by atoms with Crippen LogP contribution in [-0.4, -0.2) is 38.2 Å². The van der Waals surface area contributed by atoms with Crippen molar-refractivity contribution in [1.82, 2.24) is 9.97 Å². The summed E-state index contributed by atoms with van der Waals surface area (Å²) in [5.41, 5.74) is 11.3. The molecule has 0 bridgehead atoms. The first kappa shape index (κ1) is 44.8. The van der Waals surface area contributed by atoms with Crippen LogP contribution in [0.1, 0.15) is 44.5 Å². The Labute approximate surface area is 345 Å². The summed E-state index contributed by atoms with van der Waals surface area (Å²) in [6.07, 6.45) is -5.72. The number of alkyl halides is 6. The third-order valence-electron chi connectivity index (χ3n) is 9.43. The molecule has 4 aromatic carbocycles. The van der Waals surface area contributed by atoms with E-state index in [0.717, 1.165) is 68.0 Å². The maximum atomic E-state index is 13.4. The van der Waals surface area contributed by atoms with E-state index in [1.807, 2.05) is 116 Å². The van der Waals surface area contributed by atoms with E-state index in [1.165, 1.54) is 12.1 Å². The summed E-state index contributed by atoms with van der Waals surface area (Å²) in [7, 11) is 7.52. The van der Waals surface area contributed by atoms with Gasteiger partial charge in [-0.2, -0.15) is 26.3 Å². The zero-order valence-corrected chi connectivity index (χ0v) is 35.7. The van der Waals surface area contributed by atoms with Gasteiger partial charge in [-0.05, 0) is 76.2 Å². The Kier molecular flexibility index (Phi) is 13.9. The van der Waals surface area contributed by atoms with Crippen molar-refractivity contribution in [3.8, 4) is 44.8 Å². The van der Waals surface area contributed by atoms with Crippen molar-refractivity contribution >= 4 is 11.4 Å². The van der Waals surface area contributed by atoms with Crippen molar-refractivity contribution in [2.24, 2.45) is 0 Å². The third-order valence-corrected chi connectivity index (χ3v) is 9.43. The average Bonchev–Trinajstić information content (AvgIpc) is 3.10. The first-order valence-corrected chi connectivity index (χ1v) is 17.9. The second-order valence-corrected chi connectivity index (χ2v) is 14.5. The van der Waals surface area contributed by atoms with Gasteiger partial charge in [-0.15, -0.1) is 47.5 Å². The molecule has 0 aliphatic heterocycles. The molecule has 0 radical (unpaired) electrons. The van der Waals surface area contributed by atoms with Crippen LogP contribution in [0, 0.1) is 53.7 Å². The monoisotopic (exact) mass is 961 g/mol. The van der Waals surface area contributed by atoms with Gasteiger partial charge < -0.3 is 19.8 Å². The molecule has 2 heterocycles. The van der Waals surface area contributed by atoms with E-state index in [-0.39, 0.29) is 21.1 Å². The summed E-state index contributed by atoms with van der Waals surface area (Å²) in [5, 5.41) is 0. The predicted molar refractivity (Wildman–Crippen MR) is 215 cm³/mol. The number of aromatic nitrogens is 2. The Balaban J connectivity index is 0.000000248. The predicted octanol–water partition coefficient (Wildman–Crippen LogP) is 12.4. The van der Waals surface area contributed by atoms with Gasteiger partial charge in [0, 0.05) is 52.0 Å². The number of hydrogen-bond acceptors (Lipinski definition) is 4. The number of halogens is 6. The Morgan fingerprint density at radius 3 is 1.07 bits per heavy atom. The van der Waals surface area contributed by atoms with Gasteiger partial charge in [-0.25, -0.2) is 0 Å². The van der Waals surface area contributed by atoms with E-state index < -0.39 is 23.5 Å². The molecule has 0 aliphatic rings. The van der Waals surface area contributed by atoms with E-state index in [1.54, 1.807) is 24.5 Å². The van der Waals surface area contributed by atoms with Crippen LogP contribution in [-0.2, 0) is 33.4 Å². The quantitative estimate of drug-likeness (QED) is 0.123. The van der Waals surface area contributed by atoms with Crippen LogP contribution in [0.25, 0.3) is 44.8 Å². The van der Waals surface area contributed by atoms with Crippen molar-refractivity contribution in [3.63, 3.8) is 0 Å². The standard InChI is InChI=1S/2C23H22F3N2.Pt/c2*1-14-10-15(2)22(16(3)11-14)19-7-6-17(23(24,25)26)12-20(19)21-13-18(28(4)5)8-9-27-21;/h2*6-11,13H,1-5H3;/q2*-1;+2. The normalized spacial score (nSPS) is 11.4. The number of pyridine rings is 2. The molecule has 0 spiro atoms. The van der Waals surface area contributed by atoms with Crippen molar-refractivity contribution in [1.29, 1.82) is 0 Å². The Morgan fingerprint density at radius 1 is 0.474 bits per heavy atom. The second-order valence-electron chi connectivity index (χ2n) is 14.5. The number of aryl methyl sites for hydroxylation is 6. The first-order valence-electron chi connectivity index (χ1n) is 17.9. The molecule has 57 heavy (non-hydrogen) atoms. The molecule has 6 rings (SSSR count). The molecule has 0 amide bonds. The van der Waals surface area contributed by atoms with Crippen LogP contribution in [0.3, 0.4) is 0 Å². The van der Waals surface area contributed by atoms with Crippen LogP contribution in [0.4, 0.5) is 37.7 Å². The van der Waals surface area contributed by atoms with Crippen LogP contribution in [0.5, 0.6) is 0 Å². The van der Waals surface area contributed by atoms with Gasteiger partial charge in [-0.1, -0.05) is 92.0 Å². The topological polar surface area (TPSA) is 32.3 Å². The summed E-state index contributed by atoms with van der Waals surface area (Å²) in [6, 6.07) is 25.8. The van der Waals surface area contributed by atoms with E-state index in [2.05, 4.69) is 22.1 Å². The summed E-state index contributed by atoms with van der Waals surface area (Å²) in [4.78, 5) is 12.5. The summed E-state index contributed by atoms with van der Waals surface area (Å²) in [6.45, 7) is 11.9. The molecule has 4 nitrogen and oxygen atoms in total. The zero-order valence-electron chi connectivity index (χ0n) is 33.5. The van der Waals surface area contributed by atoms with Gasteiger partial charge in [-0.3, -0.25) is 0 Å². The van der Waals surface area contributed by atoms with Gasteiger partial charge in [0.1, 0.15) is 0 Å². The fourth-order valence-electron chi connectivity index (χ4n) is 7.02. The van der Waals surface area contributed by atoms with Crippen molar-refractivity contribution in [3.05, 3.63) is 142 Å². The number of nitrogens with zero attached hydrogens (tertiary/aromatic N) is 4. The minimum Gasteiger partial charge on any atom is -0.378 e. The van der Waals surface area contributed by atoms with Crippen molar-refractivity contribution < 1.29 is 47.4 Å². The fraction of sp³-hybridized carbons (Fsp3) is 0.261. The summed E-state index contributed by atoms with van der Waals surface area (Å²) >= 11 is 0. The average molecular weight is 962 g/mol. The van der Waals surface area contributed by atoms with Gasteiger partial charge in [0.25, 0.3) is 0 Å². The minimum atomic E-state index is -4.47. The SMILES string of the molecule is Cc1cc(C)c(-c2ccc(C(F)(F)F)[c-]c2-c2cc(N(C)C)ccn2)c(C)c1.Cc1cc(C)c(-c2ccc(C(F)(F)F)[c-]c2-c2cc(N(C)C)ccn2)c(C)c1.[Pt+2]. The molecule has 2 aromatic heterocycles.